The van der Waals surface area contributed by atoms with Gasteiger partial charge in [-0.2, -0.15) is 0 Å². The molecule has 1 N–H and O–H groups in total. The minimum Gasteiger partial charge on any atom is -0.317 e. The summed E-state index contributed by atoms with van der Waals surface area (Å²) in [6.45, 7) is 3.11. The lowest BCUT2D eigenvalue weighted by atomic mass is 10.0. The van der Waals surface area contributed by atoms with E-state index in [1.54, 1.807) is 0 Å². The Balaban J connectivity index is 2.01. The first-order valence-corrected chi connectivity index (χ1v) is 5.53. The van der Waals surface area contributed by atoms with Gasteiger partial charge in [0.05, 0.1) is 6.04 Å². The molecule has 4 heteroatoms. The fourth-order valence-corrected chi connectivity index (χ4v) is 2.41. The van der Waals surface area contributed by atoms with E-state index in [0.717, 1.165) is 45.3 Å². The van der Waals surface area contributed by atoms with Crippen LogP contribution in [0.4, 0.5) is 0 Å². The number of carbonyl (C=O) groups excluding carboxylic acids is 1. The monoisotopic (exact) mass is 197 g/mol. The van der Waals surface area contributed by atoms with Gasteiger partial charge < -0.3 is 5.32 Å². The average molecular weight is 197 g/mol. The highest BCUT2D eigenvalue weighted by Crippen LogP contribution is 2.19. The first-order chi connectivity index (χ1) is 6.79. The van der Waals surface area contributed by atoms with Crippen molar-refractivity contribution in [2.45, 2.75) is 31.7 Å². The summed E-state index contributed by atoms with van der Waals surface area (Å²) in [6.07, 6.45) is 3.93. The molecule has 14 heavy (non-hydrogen) atoms. The quantitative estimate of drug-likeness (QED) is 0.652. The van der Waals surface area contributed by atoms with Gasteiger partial charge in [0.2, 0.25) is 5.91 Å². The number of nitrogens with zero attached hydrogens (tertiary/aromatic N) is 2. The Kier molecular flexibility index (Phi) is 3.03. The molecular weight excluding hydrogens is 178 g/mol. The van der Waals surface area contributed by atoms with Crippen LogP contribution in [0.2, 0.25) is 0 Å². The van der Waals surface area contributed by atoms with Crippen LogP contribution in [0, 0.1) is 0 Å². The Bertz CT molecular complexity index is 213. The van der Waals surface area contributed by atoms with Crippen molar-refractivity contribution in [3.05, 3.63) is 0 Å². The fourth-order valence-electron chi connectivity index (χ4n) is 2.41. The summed E-state index contributed by atoms with van der Waals surface area (Å²) in [4.78, 5) is 11.8. The van der Waals surface area contributed by atoms with Gasteiger partial charge in [0, 0.05) is 20.0 Å². The predicted molar refractivity (Wildman–Crippen MR) is 54.6 cm³/mol. The number of hydrogen-bond donors (Lipinski definition) is 1. The Hall–Kier alpha value is -0.610. The highest BCUT2D eigenvalue weighted by atomic mass is 16.2. The summed E-state index contributed by atoms with van der Waals surface area (Å²) in [5.74, 6) is 0.311. The third-order valence-corrected chi connectivity index (χ3v) is 3.15. The van der Waals surface area contributed by atoms with E-state index in [0.29, 0.717) is 11.9 Å². The van der Waals surface area contributed by atoms with Crippen LogP contribution < -0.4 is 5.32 Å². The smallest absolute Gasteiger partial charge is 0.237 e. The second-order valence-electron chi connectivity index (χ2n) is 4.20. The lowest BCUT2D eigenvalue weighted by Crippen LogP contribution is -2.55. The van der Waals surface area contributed by atoms with Crippen LogP contribution in [-0.4, -0.2) is 48.6 Å². The number of hydrazine groups is 1. The number of rotatable bonds is 1. The van der Waals surface area contributed by atoms with Gasteiger partial charge in [0.25, 0.3) is 0 Å². The molecule has 0 atom stereocenters. The average Bonchev–Trinajstić information content (AvgIpc) is 2.19. The minimum absolute atomic E-state index is 0.311. The molecule has 2 fully saturated rings. The fraction of sp³-hybridized carbons (Fsp3) is 0.900. The topological polar surface area (TPSA) is 35.6 Å². The van der Waals surface area contributed by atoms with E-state index in [9.17, 15) is 4.79 Å². The van der Waals surface area contributed by atoms with E-state index in [1.807, 2.05) is 12.1 Å². The summed E-state index contributed by atoms with van der Waals surface area (Å²) in [5, 5.41) is 7.42. The molecule has 80 valence electrons. The van der Waals surface area contributed by atoms with Crippen LogP contribution in [0.5, 0.6) is 0 Å². The predicted octanol–water partition coefficient (Wildman–Crippen LogP) is 0.208. The van der Waals surface area contributed by atoms with E-state index in [4.69, 9.17) is 0 Å². The summed E-state index contributed by atoms with van der Waals surface area (Å²) in [5.41, 5.74) is 0. The molecule has 0 radical (unpaired) electrons. The highest BCUT2D eigenvalue weighted by Gasteiger charge is 2.30. The second-order valence-corrected chi connectivity index (χ2v) is 4.20. The number of carbonyl (C=O) groups is 1. The van der Waals surface area contributed by atoms with Gasteiger partial charge in [-0.3, -0.25) is 9.80 Å². The van der Waals surface area contributed by atoms with E-state index in [2.05, 4.69) is 10.3 Å². The van der Waals surface area contributed by atoms with Crippen molar-refractivity contribution >= 4 is 5.91 Å². The second kappa shape index (κ2) is 4.28. The van der Waals surface area contributed by atoms with Crippen molar-refractivity contribution in [3.63, 3.8) is 0 Å². The Labute approximate surface area is 85.2 Å². The van der Waals surface area contributed by atoms with Gasteiger partial charge in [-0.15, -0.1) is 0 Å². The molecule has 0 spiro atoms. The highest BCUT2D eigenvalue weighted by molar-refractivity contribution is 5.76. The van der Waals surface area contributed by atoms with E-state index in [-0.39, 0.29) is 0 Å². The molecule has 1 amide bonds. The molecule has 2 saturated heterocycles. The van der Waals surface area contributed by atoms with Gasteiger partial charge in [-0.1, -0.05) is 0 Å². The standard InChI is InChI=1S/C10H19N3O/c1-12-8-2-3-10(14)13(12)9-4-6-11-7-5-9/h9,11H,2-8H2,1H3. The molecule has 0 aromatic rings. The van der Waals surface area contributed by atoms with Gasteiger partial charge in [0.15, 0.2) is 0 Å². The number of nitrogens with one attached hydrogen (secondary N) is 1. The lowest BCUT2D eigenvalue weighted by Gasteiger charge is -2.42. The lowest BCUT2D eigenvalue weighted by molar-refractivity contribution is -0.160. The molecule has 4 nitrogen and oxygen atoms in total. The van der Waals surface area contributed by atoms with Crippen LogP contribution >= 0.6 is 0 Å². The van der Waals surface area contributed by atoms with Crippen LogP contribution in [0.25, 0.3) is 0 Å². The third-order valence-electron chi connectivity index (χ3n) is 3.15. The molecule has 2 aliphatic heterocycles. The zero-order valence-corrected chi connectivity index (χ0v) is 8.83. The number of hydrogen-bond acceptors (Lipinski definition) is 3. The molecule has 0 aromatic heterocycles. The summed E-state index contributed by atoms with van der Waals surface area (Å²) in [7, 11) is 2.03. The molecule has 0 aromatic carbocycles. The van der Waals surface area contributed by atoms with Gasteiger partial charge in [-0.05, 0) is 32.4 Å². The normalized spacial score (nSPS) is 26.9. The first-order valence-electron chi connectivity index (χ1n) is 5.53. The van der Waals surface area contributed by atoms with Crippen LogP contribution in [0.1, 0.15) is 25.7 Å². The van der Waals surface area contributed by atoms with Crippen molar-refractivity contribution in [1.82, 2.24) is 15.3 Å². The van der Waals surface area contributed by atoms with Crippen LogP contribution in [-0.2, 0) is 4.79 Å². The van der Waals surface area contributed by atoms with Gasteiger partial charge >= 0.3 is 0 Å². The van der Waals surface area contributed by atoms with Crippen molar-refractivity contribution in [1.29, 1.82) is 0 Å². The SMILES string of the molecule is CN1CCCC(=O)N1C1CCNCC1. The molecule has 2 rings (SSSR count). The molecule has 0 aliphatic carbocycles. The minimum atomic E-state index is 0.311. The van der Waals surface area contributed by atoms with Crippen LogP contribution in [0.15, 0.2) is 0 Å². The summed E-state index contributed by atoms with van der Waals surface area (Å²) in [6, 6.07) is 0.439. The maximum absolute atomic E-state index is 11.8. The molecular formula is C10H19N3O. The van der Waals surface area contributed by atoms with Crippen molar-refractivity contribution in [3.8, 4) is 0 Å². The Morgan fingerprint density at radius 1 is 1.36 bits per heavy atom. The number of amides is 1. The van der Waals surface area contributed by atoms with Crippen LogP contribution in [0.3, 0.4) is 0 Å². The van der Waals surface area contributed by atoms with Crippen molar-refractivity contribution in [2.24, 2.45) is 0 Å². The maximum atomic E-state index is 11.8. The molecule has 0 unspecified atom stereocenters. The van der Waals surface area contributed by atoms with E-state index in [1.165, 1.54) is 0 Å². The molecule has 0 saturated carbocycles. The summed E-state index contributed by atoms with van der Waals surface area (Å²) < 4.78 is 0. The van der Waals surface area contributed by atoms with Crippen molar-refractivity contribution < 1.29 is 4.79 Å². The third kappa shape index (κ3) is 1.91. The largest absolute Gasteiger partial charge is 0.317 e. The summed E-state index contributed by atoms with van der Waals surface area (Å²) >= 11 is 0. The molecule has 2 aliphatic rings. The van der Waals surface area contributed by atoms with Gasteiger partial charge in [-0.25, -0.2) is 5.01 Å². The molecule has 0 bridgehead atoms. The Morgan fingerprint density at radius 2 is 2.07 bits per heavy atom. The van der Waals surface area contributed by atoms with Crippen molar-refractivity contribution in [2.75, 3.05) is 26.7 Å². The van der Waals surface area contributed by atoms with E-state index >= 15 is 0 Å². The number of piperidine rings is 1. The maximum Gasteiger partial charge on any atom is 0.237 e. The zero-order valence-electron chi connectivity index (χ0n) is 8.83. The van der Waals surface area contributed by atoms with Gasteiger partial charge in [0.1, 0.15) is 0 Å². The zero-order chi connectivity index (χ0) is 9.97. The van der Waals surface area contributed by atoms with E-state index < -0.39 is 0 Å². The molecule has 2 heterocycles. The Morgan fingerprint density at radius 3 is 2.71 bits per heavy atom. The first kappa shape index (κ1) is 9.93.